The molecular formula is C20H22N2O3. The maximum absolute atomic E-state index is 12.3. The minimum absolute atomic E-state index is 0.0473. The normalized spacial score (nSPS) is 12.6. The maximum Gasteiger partial charge on any atom is 0.228 e. The van der Waals surface area contributed by atoms with E-state index in [2.05, 4.69) is 5.32 Å². The third-order valence-electron chi connectivity index (χ3n) is 4.24. The van der Waals surface area contributed by atoms with Crippen LogP contribution < -0.4 is 15.0 Å². The Labute approximate surface area is 147 Å². The van der Waals surface area contributed by atoms with Gasteiger partial charge in [-0.1, -0.05) is 12.1 Å². The molecule has 25 heavy (non-hydrogen) atoms. The molecule has 2 aromatic carbocycles. The Morgan fingerprint density at radius 3 is 2.60 bits per heavy atom. The van der Waals surface area contributed by atoms with Gasteiger partial charge in [0.05, 0.1) is 13.0 Å². The SMILES string of the molecule is CCOc1ccc(CC(=O)Nc2ccc3c(c2)CCN3C(C)=O)cc1. The summed E-state index contributed by atoms with van der Waals surface area (Å²) in [6.07, 6.45) is 1.13. The fourth-order valence-corrected chi connectivity index (χ4v) is 3.07. The first-order valence-electron chi connectivity index (χ1n) is 8.49. The molecule has 0 fully saturated rings. The highest BCUT2D eigenvalue weighted by Crippen LogP contribution is 2.30. The van der Waals surface area contributed by atoms with Gasteiger partial charge in [-0.15, -0.1) is 0 Å². The summed E-state index contributed by atoms with van der Waals surface area (Å²) in [5, 5.41) is 2.93. The zero-order valence-electron chi connectivity index (χ0n) is 14.5. The molecule has 5 nitrogen and oxygen atoms in total. The Morgan fingerprint density at radius 1 is 1.16 bits per heavy atom. The van der Waals surface area contributed by atoms with Crippen LogP contribution in [-0.2, 0) is 22.4 Å². The van der Waals surface area contributed by atoms with Crippen LogP contribution in [0.3, 0.4) is 0 Å². The molecule has 0 spiro atoms. The lowest BCUT2D eigenvalue weighted by Gasteiger charge is -2.15. The molecule has 0 bridgehead atoms. The first-order chi connectivity index (χ1) is 12.1. The van der Waals surface area contributed by atoms with Crippen LogP contribution in [0.4, 0.5) is 11.4 Å². The van der Waals surface area contributed by atoms with Crippen molar-refractivity contribution in [2.75, 3.05) is 23.4 Å². The smallest absolute Gasteiger partial charge is 0.228 e. The Hall–Kier alpha value is -2.82. The second kappa shape index (κ2) is 7.38. The van der Waals surface area contributed by atoms with E-state index in [4.69, 9.17) is 4.74 Å². The summed E-state index contributed by atoms with van der Waals surface area (Å²) in [4.78, 5) is 25.6. The molecule has 130 valence electrons. The van der Waals surface area contributed by atoms with E-state index in [1.165, 1.54) is 0 Å². The molecule has 3 rings (SSSR count). The Morgan fingerprint density at radius 2 is 1.92 bits per heavy atom. The average Bonchev–Trinajstić information content (AvgIpc) is 3.00. The topological polar surface area (TPSA) is 58.6 Å². The van der Waals surface area contributed by atoms with Gasteiger partial charge in [-0.05, 0) is 54.8 Å². The Balaban J connectivity index is 1.62. The van der Waals surface area contributed by atoms with Crippen molar-refractivity contribution >= 4 is 23.2 Å². The van der Waals surface area contributed by atoms with Crippen LogP contribution in [0.5, 0.6) is 5.75 Å². The summed E-state index contributed by atoms with van der Waals surface area (Å²) in [5.74, 6) is 0.789. The first kappa shape index (κ1) is 17.0. The number of amides is 2. The van der Waals surface area contributed by atoms with Crippen LogP contribution in [0.15, 0.2) is 42.5 Å². The van der Waals surface area contributed by atoms with Gasteiger partial charge in [-0.3, -0.25) is 9.59 Å². The van der Waals surface area contributed by atoms with Crippen LogP contribution in [0.2, 0.25) is 0 Å². The molecule has 1 aliphatic rings. The summed E-state index contributed by atoms with van der Waals surface area (Å²) in [7, 11) is 0. The molecule has 2 aromatic rings. The molecule has 0 unspecified atom stereocenters. The Bertz CT molecular complexity index is 784. The van der Waals surface area contributed by atoms with Gasteiger partial charge in [0, 0.05) is 24.8 Å². The van der Waals surface area contributed by atoms with Gasteiger partial charge >= 0.3 is 0 Å². The molecule has 1 N–H and O–H groups in total. The third-order valence-corrected chi connectivity index (χ3v) is 4.24. The number of carbonyl (C=O) groups excluding carboxylic acids is 2. The van der Waals surface area contributed by atoms with Gasteiger partial charge in [0.15, 0.2) is 0 Å². The molecule has 0 saturated carbocycles. The van der Waals surface area contributed by atoms with E-state index in [1.54, 1.807) is 11.8 Å². The Kier molecular flexibility index (Phi) is 5.03. The predicted octanol–water partition coefficient (Wildman–Crippen LogP) is 3.18. The van der Waals surface area contributed by atoms with Gasteiger partial charge in [-0.2, -0.15) is 0 Å². The summed E-state index contributed by atoms with van der Waals surface area (Å²) >= 11 is 0. The van der Waals surface area contributed by atoms with Gasteiger partial charge in [0.25, 0.3) is 0 Å². The van der Waals surface area contributed by atoms with Crippen molar-refractivity contribution in [2.24, 2.45) is 0 Å². The molecule has 1 heterocycles. The molecule has 1 aliphatic heterocycles. The van der Waals surface area contributed by atoms with Crippen LogP contribution in [-0.4, -0.2) is 25.0 Å². The van der Waals surface area contributed by atoms with E-state index in [0.29, 0.717) is 19.6 Å². The molecular weight excluding hydrogens is 316 g/mol. The van der Waals surface area contributed by atoms with Crippen LogP contribution in [0, 0.1) is 0 Å². The van der Waals surface area contributed by atoms with Crippen molar-refractivity contribution in [3.05, 3.63) is 53.6 Å². The number of ether oxygens (including phenoxy) is 1. The number of rotatable bonds is 5. The molecule has 2 amide bonds. The van der Waals surface area contributed by atoms with E-state index in [0.717, 1.165) is 34.7 Å². The number of hydrogen-bond acceptors (Lipinski definition) is 3. The summed E-state index contributed by atoms with van der Waals surface area (Å²) in [6.45, 7) is 4.84. The number of anilines is 2. The number of nitrogens with zero attached hydrogens (tertiary/aromatic N) is 1. The number of fused-ring (bicyclic) bond motifs is 1. The first-order valence-corrected chi connectivity index (χ1v) is 8.49. The van der Waals surface area contributed by atoms with Gasteiger partial charge in [0.2, 0.25) is 11.8 Å². The minimum atomic E-state index is -0.0643. The van der Waals surface area contributed by atoms with Crippen molar-refractivity contribution in [1.29, 1.82) is 0 Å². The van der Waals surface area contributed by atoms with E-state index in [9.17, 15) is 9.59 Å². The molecule has 0 radical (unpaired) electrons. The molecule has 0 aliphatic carbocycles. The zero-order chi connectivity index (χ0) is 17.8. The largest absolute Gasteiger partial charge is 0.494 e. The standard InChI is InChI=1S/C20H22N2O3/c1-3-25-18-7-4-15(5-8-18)12-20(24)21-17-6-9-19-16(13-17)10-11-22(19)14(2)23/h4-9,13H,3,10-12H2,1-2H3,(H,21,24). The van der Waals surface area contributed by atoms with E-state index >= 15 is 0 Å². The lowest BCUT2D eigenvalue weighted by Crippen LogP contribution is -2.25. The fraction of sp³-hybridized carbons (Fsp3) is 0.300. The number of hydrogen-bond donors (Lipinski definition) is 1. The zero-order valence-corrected chi connectivity index (χ0v) is 14.5. The van der Waals surface area contributed by atoms with Crippen LogP contribution in [0.1, 0.15) is 25.0 Å². The van der Waals surface area contributed by atoms with Gasteiger partial charge in [0.1, 0.15) is 5.75 Å². The van der Waals surface area contributed by atoms with Gasteiger partial charge in [-0.25, -0.2) is 0 Å². The average molecular weight is 338 g/mol. The highest BCUT2D eigenvalue weighted by atomic mass is 16.5. The second-order valence-corrected chi connectivity index (χ2v) is 6.07. The maximum atomic E-state index is 12.3. The summed E-state index contributed by atoms with van der Waals surface area (Å²) in [5.41, 5.74) is 3.73. The summed E-state index contributed by atoms with van der Waals surface area (Å²) < 4.78 is 5.40. The van der Waals surface area contributed by atoms with Crippen molar-refractivity contribution in [3.8, 4) is 5.75 Å². The fourth-order valence-electron chi connectivity index (χ4n) is 3.07. The van der Waals surface area contributed by atoms with Crippen molar-refractivity contribution in [3.63, 3.8) is 0 Å². The quantitative estimate of drug-likeness (QED) is 0.911. The lowest BCUT2D eigenvalue weighted by molar-refractivity contribution is -0.117. The van der Waals surface area contributed by atoms with Crippen LogP contribution in [0.25, 0.3) is 0 Å². The highest BCUT2D eigenvalue weighted by Gasteiger charge is 2.22. The van der Waals surface area contributed by atoms with E-state index in [-0.39, 0.29) is 11.8 Å². The molecule has 0 saturated heterocycles. The third kappa shape index (κ3) is 3.99. The highest BCUT2D eigenvalue weighted by molar-refractivity contribution is 5.96. The monoisotopic (exact) mass is 338 g/mol. The second-order valence-electron chi connectivity index (χ2n) is 6.07. The van der Waals surface area contributed by atoms with E-state index in [1.807, 2.05) is 49.4 Å². The number of carbonyl (C=O) groups is 2. The number of benzene rings is 2. The van der Waals surface area contributed by atoms with Crippen molar-refractivity contribution in [2.45, 2.75) is 26.7 Å². The minimum Gasteiger partial charge on any atom is -0.494 e. The van der Waals surface area contributed by atoms with Crippen molar-refractivity contribution in [1.82, 2.24) is 0 Å². The van der Waals surface area contributed by atoms with E-state index < -0.39 is 0 Å². The van der Waals surface area contributed by atoms with Gasteiger partial charge < -0.3 is 15.0 Å². The molecule has 5 heteroatoms. The van der Waals surface area contributed by atoms with Crippen molar-refractivity contribution < 1.29 is 14.3 Å². The lowest BCUT2D eigenvalue weighted by atomic mass is 10.1. The predicted molar refractivity (Wildman–Crippen MR) is 98.1 cm³/mol. The van der Waals surface area contributed by atoms with Crippen LogP contribution >= 0.6 is 0 Å². The molecule has 0 atom stereocenters. The molecule has 0 aromatic heterocycles. The summed E-state index contributed by atoms with van der Waals surface area (Å²) in [6, 6.07) is 13.2. The number of nitrogens with one attached hydrogen (secondary N) is 1.